The molecule has 34 heavy (non-hydrogen) atoms. The first-order valence-electron chi connectivity index (χ1n) is 14.4. The van der Waals surface area contributed by atoms with E-state index < -0.39 is 6.79 Å². The summed E-state index contributed by atoms with van der Waals surface area (Å²) < 4.78 is 18.9. The molecule has 2 heterocycles. The molecule has 6 rings (SSSR count). The van der Waals surface area contributed by atoms with Crippen molar-refractivity contribution in [2.45, 2.75) is 110 Å². The number of rotatable bonds is 3. The Bertz CT molecular complexity index is 815. The Hall–Kier alpha value is -0.420. The molecule has 6 aliphatic rings. The van der Waals surface area contributed by atoms with Crippen molar-refractivity contribution in [3.8, 4) is 0 Å². The highest BCUT2D eigenvalue weighted by Crippen LogP contribution is 2.70. The first kappa shape index (κ1) is 23.9. The summed E-state index contributed by atoms with van der Waals surface area (Å²) in [7, 11) is 0. The fraction of sp³-hybridized carbons (Fsp3) is 0.933. The van der Waals surface area contributed by atoms with Gasteiger partial charge in [-0.05, 0) is 105 Å². The third kappa shape index (κ3) is 3.30. The van der Waals surface area contributed by atoms with E-state index in [0.29, 0.717) is 40.6 Å². The second-order valence-electron chi connectivity index (χ2n) is 13.8. The number of allylic oxidation sites excluding steroid dienone is 2. The van der Waals surface area contributed by atoms with Gasteiger partial charge in [0.15, 0.2) is 12.6 Å². The van der Waals surface area contributed by atoms with Crippen LogP contribution in [-0.2, 0) is 19.3 Å². The minimum absolute atomic E-state index is 0.0838. The monoisotopic (exact) mass is 471 g/mol. The number of hydrogen-bond donors (Lipinski definition) is 0. The zero-order chi connectivity index (χ0) is 23.9. The normalized spacial score (nSPS) is 55.2. The van der Waals surface area contributed by atoms with Gasteiger partial charge in [0.2, 0.25) is 0 Å². The van der Waals surface area contributed by atoms with Gasteiger partial charge in [-0.15, -0.1) is 0 Å². The van der Waals surface area contributed by atoms with Crippen molar-refractivity contribution in [1.29, 1.82) is 0 Å². The summed E-state index contributed by atoms with van der Waals surface area (Å²) >= 11 is 0. The second kappa shape index (κ2) is 8.30. The first-order valence-corrected chi connectivity index (χ1v) is 14.4. The van der Waals surface area contributed by atoms with Crippen LogP contribution >= 0.6 is 0 Å². The summed E-state index contributed by atoms with van der Waals surface area (Å²) in [6, 6.07) is 0. The van der Waals surface area contributed by atoms with Gasteiger partial charge in [-0.3, -0.25) is 0 Å². The quantitative estimate of drug-likeness (QED) is 0.337. The molecule has 1 spiro atoms. The van der Waals surface area contributed by atoms with Gasteiger partial charge >= 0.3 is 0 Å². The third-order valence-electron chi connectivity index (χ3n) is 12.4. The Kier molecular flexibility index (Phi) is 5.84. The molecule has 4 unspecified atom stereocenters. The molecule has 5 fully saturated rings. The number of hydrogen-bond acceptors (Lipinski definition) is 3. The van der Waals surface area contributed by atoms with Crippen molar-refractivity contribution in [3.63, 3.8) is 0 Å². The molecule has 0 amide bonds. The van der Waals surface area contributed by atoms with Crippen LogP contribution in [0.15, 0.2) is 11.6 Å². The van der Waals surface area contributed by atoms with Gasteiger partial charge in [-0.1, -0.05) is 39.3 Å². The van der Waals surface area contributed by atoms with Gasteiger partial charge in [0.1, 0.15) is 0 Å². The van der Waals surface area contributed by atoms with Crippen LogP contribution in [0.25, 0.3) is 0 Å². The Morgan fingerprint density at radius 1 is 1.12 bits per heavy atom. The molecule has 0 N–H and O–H groups in total. The van der Waals surface area contributed by atoms with Crippen LogP contribution in [0.2, 0.25) is 0 Å². The maximum atomic E-state index is 11.0. The van der Waals surface area contributed by atoms with Crippen LogP contribution in [0, 0.1) is 52.3 Å². The molecule has 0 aromatic rings. The lowest BCUT2D eigenvalue weighted by Gasteiger charge is -2.59. The van der Waals surface area contributed by atoms with Gasteiger partial charge in [-0.2, -0.15) is 0 Å². The molecule has 12 atom stereocenters. The molecule has 3 saturated carbocycles. The molecule has 0 aromatic carbocycles. The Labute approximate surface area is 207 Å². The lowest BCUT2D eigenvalue weighted by atomic mass is 9.46. The maximum Gasteiger partial charge on any atom is 0.181 e. The lowest BCUT2D eigenvalue weighted by molar-refractivity contribution is -0.272. The van der Waals surface area contributed by atoms with Gasteiger partial charge in [0, 0.05) is 12.3 Å². The van der Waals surface area contributed by atoms with Crippen molar-refractivity contribution in [2.24, 2.45) is 52.3 Å². The van der Waals surface area contributed by atoms with E-state index in [1.807, 2.05) is 0 Å². The summed E-state index contributed by atoms with van der Waals surface area (Å²) in [6.45, 7) is 12.5. The standard InChI is InChI=1S/C30H47O4/c1-18-8-13-30(33-16-18)19(2)27-26(34-30)15-25-23-7-6-22-14-21(20(3)32-17-31)9-11-28(22,4)24(23)10-12-29(25,27)5/h6,18-21,23-27H,7-17H2,1-5H3/t18-,19+,20?,21+,23?,24?,25?,26+,27+,28+,29+,30-/m1/s1. The first-order chi connectivity index (χ1) is 16.2. The molecule has 191 valence electrons. The van der Waals surface area contributed by atoms with E-state index in [-0.39, 0.29) is 11.9 Å². The SMILES string of the molecule is CC(OC[O])[C@H]1CC[C@@]2(C)C(=CCC3C2CC[C@@]2(C)C3C[C@@H]3O[C@]4(CC[C@@H](C)CO4)[C@@H](C)[C@@H]32)C1. The molecular formula is C30H47O4. The van der Waals surface area contributed by atoms with E-state index >= 15 is 0 Å². The summed E-state index contributed by atoms with van der Waals surface area (Å²) in [5, 5.41) is 11.0. The van der Waals surface area contributed by atoms with Crippen molar-refractivity contribution in [2.75, 3.05) is 13.4 Å². The predicted octanol–water partition coefficient (Wildman–Crippen LogP) is 6.76. The molecule has 0 aromatic heterocycles. The largest absolute Gasteiger partial charge is 0.349 e. The highest BCUT2D eigenvalue weighted by Gasteiger charge is 2.68. The zero-order valence-corrected chi connectivity index (χ0v) is 22.2. The van der Waals surface area contributed by atoms with Crippen molar-refractivity contribution >= 4 is 0 Å². The smallest absolute Gasteiger partial charge is 0.181 e. The second-order valence-corrected chi connectivity index (χ2v) is 13.8. The van der Waals surface area contributed by atoms with E-state index in [4.69, 9.17) is 14.2 Å². The molecule has 4 nitrogen and oxygen atoms in total. The summed E-state index contributed by atoms with van der Waals surface area (Å²) in [6.07, 6.45) is 14.2. The van der Waals surface area contributed by atoms with E-state index in [1.165, 1.54) is 44.9 Å². The highest BCUT2D eigenvalue weighted by molar-refractivity contribution is 5.26. The van der Waals surface area contributed by atoms with Crippen LogP contribution in [0.1, 0.15) is 92.4 Å². The van der Waals surface area contributed by atoms with Crippen molar-refractivity contribution in [1.82, 2.24) is 0 Å². The molecular weight excluding hydrogens is 424 g/mol. The minimum Gasteiger partial charge on any atom is -0.349 e. The zero-order valence-electron chi connectivity index (χ0n) is 22.2. The average molecular weight is 472 g/mol. The van der Waals surface area contributed by atoms with Crippen LogP contribution in [-0.4, -0.2) is 31.4 Å². The molecule has 2 aliphatic heterocycles. The van der Waals surface area contributed by atoms with E-state index in [0.717, 1.165) is 37.2 Å². The van der Waals surface area contributed by atoms with E-state index in [1.54, 1.807) is 5.57 Å². The summed E-state index contributed by atoms with van der Waals surface area (Å²) in [4.78, 5) is 0. The Balaban J connectivity index is 1.22. The summed E-state index contributed by atoms with van der Waals surface area (Å²) in [5.74, 6) is 4.38. The van der Waals surface area contributed by atoms with E-state index in [2.05, 4.69) is 40.7 Å². The Morgan fingerprint density at radius 2 is 1.94 bits per heavy atom. The van der Waals surface area contributed by atoms with Crippen LogP contribution in [0.3, 0.4) is 0 Å². The van der Waals surface area contributed by atoms with Gasteiger partial charge in [-0.25, -0.2) is 5.11 Å². The van der Waals surface area contributed by atoms with Crippen molar-refractivity contribution in [3.05, 3.63) is 11.6 Å². The molecule has 4 aliphatic carbocycles. The van der Waals surface area contributed by atoms with E-state index in [9.17, 15) is 5.11 Å². The van der Waals surface area contributed by atoms with Crippen LogP contribution in [0.4, 0.5) is 0 Å². The lowest BCUT2D eigenvalue weighted by Crippen LogP contribution is -2.52. The van der Waals surface area contributed by atoms with Crippen molar-refractivity contribution < 1.29 is 19.3 Å². The molecule has 4 heteroatoms. The fourth-order valence-corrected chi connectivity index (χ4v) is 10.4. The highest BCUT2D eigenvalue weighted by atomic mass is 16.7. The van der Waals surface area contributed by atoms with Gasteiger partial charge in [0.05, 0.1) is 18.8 Å². The molecule has 1 radical (unpaired) electrons. The molecule has 2 saturated heterocycles. The van der Waals surface area contributed by atoms with Crippen LogP contribution < -0.4 is 0 Å². The summed E-state index contributed by atoms with van der Waals surface area (Å²) in [5.41, 5.74) is 2.41. The fourth-order valence-electron chi connectivity index (χ4n) is 10.4. The average Bonchev–Trinajstić information content (AvgIpc) is 3.26. The topological polar surface area (TPSA) is 47.6 Å². The predicted molar refractivity (Wildman–Crippen MR) is 131 cm³/mol. The maximum absolute atomic E-state index is 11.0. The van der Waals surface area contributed by atoms with Crippen LogP contribution in [0.5, 0.6) is 0 Å². The molecule has 0 bridgehead atoms. The Morgan fingerprint density at radius 3 is 2.68 bits per heavy atom. The third-order valence-corrected chi connectivity index (χ3v) is 12.4. The van der Waals surface area contributed by atoms with Gasteiger partial charge < -0.3 is 14.2 Å². The number of ether oxygens (including phenoxy) is 3. The van der Waals surface area contributed by atoms with Gasteiger partial charge in [0.25, 0.3) is 0 Å². The number of fused-ring (bicyclic) bond motifs is 7. The minimum atomic E-state index is -0.410.